The molecule has 3 rings (SSSR count). The van der Waals surface area contributed by atoms with Crippen LogP contribution in [0, 0.1) is 0 Å². The van der Waals surface area contributed by atoms with Crippen molar-refractivity contribution in [1.82, 2.24) is 10.9 Å². The van der Waals surface area contributed by atoms with Crippen molar-refractivity contribution >= 4 is 11.8 Å². The van der Waals surface area contributed by atoms with E-state index in [4.69, 9.17) is 9.47 Å². The summed E-state index contributed by atoms with van der Waals surface area (Å²) < 4.78 is 11.0. The van der Waals surface area contributed by atoms with E-state index in [0.717, 1.165) is 16.7 Å². The molecule has 0 aliphatic carbocycles. The predicted octanol–water partition coefficient (Wildman–Crippen LogP) is 4.08. The van der Waals surface area contributed by atoms with Gasteiger partial charge >= 0.3 is 0 Å². The number of nitrogens with one attached hydrogen (secondary N) is 2. The Bertz CT molecular complexity index is 1000. The summed E-state index contributed by atoms with van der Waals surface area (Å²) in [5.41, 5.74) is 7.83. The minimum atomic E-state index is -0.469. The van der Waals surface area contributed by atoms with Crippen LogP contribution in [0.2, 0.25) is 0 Å². The van der Waals surface area contributed by atoms with Crippen molar-refractivity contribution in [1.29, 1.82) is 0 Å². The Balaban J connectivity index is 1.40. The number of hydrazine groups is 1. The molecule has 3 aromatic carbocycles. The van der Waals surface area contributed by atoms with Gasteiger partial charge in [-0.1, -0.05) is 74.5 Å². The van der Waals surface area contributed by atoms with Crippen molar-refractivity contribution in [2.24, 2.45) is 0 Å². The van der Waals surface area contributed by atoms with E-state index in [2.05, 4.69) is 24.7 Å². The van der Waals surface area contributed by atoms with Gasteiger partial charge in [0.15, 0.2) is 13.2 Å². The van der Waals surface area contributed by atoms with Crippen molar-refractivity contribution < 1.29 is 19.1 Å². The Morgan fingerprint density at radius 3 is 1.90 bits per heavy atom. The quantitative estimate of drug-likeness (QED) is 0.541. The highest BCUT2D eigenvalue weighted by Crippen LogP contribution is 2.25. The second-order valence-electron chi connectivity index (χ2n) is 7.26. The minimum Gasteiger partial charge on any atom is -0.484 e. The smallest absolute Gasteiger partial charge is 0.276 e. The highest BCUT2D eigenvalue weighted by molar-refractivity contribution is 5.83. The molecule has 2 N–H and O–H groups in total. The van der Waals surface area contributed by atoms with Gasteiger partial charge in [0.05, 0.1) is 0 Å². The maximum Gasteiger partial charge on any atom is 0.276 e. The molecule has 0 spiro atoms. The summed E-state index contributed by atoms with van der Waals surface area (Å²) in [6.45, 7) is 3.68. The van der Waals surface area contributed by atoms with Crippen LogP contribution in [0.4, 0.5) is 0 Å². The Labute approximate surface area is 182 Å². The van der Waals surface area contributed by atoms with E-state index in [9.17, 15) is 9.59 Å². The molecular formula is C25H26N2O4. The fourth-order valence-electron chi connectivity index (χ4n) is 2.97. The monoisotopic (exact) mass is 418 g/mol. The molecule has 31 heavy (non-hydrogen) atoms. The van der Waals surface area contributed by atoms with E-state index in [-0.39, 0.29) is 19.1 Å². The summed E-state index contributed by atoms with van der Waals surface area (Å²) in [6, 6.07) is 25.0. The molecule has 0 aliphatic rings. The summed E-state index contributed by atoms with van der Waals surface area (Å²) in [5, 5.41) is 0. The Morgan fingerprint density at radius 1 is 0.710 bits per heavy atom. The molecular weight excluding hydrogens is 392 g/mol. The zero-order valence-electron chi connectivity index (χ0n) is 17.6. The maximum atomic E-state index is 12.0. The Kier molecular flexibility index (Phi) is 7.65. The van der Waals surface area contributed by atoms with Gasteiger partial charge in [-0.25, -0.2) is 0 Å². The highest BCUT2D eigenvalue weighted by atomic mass is 16.5. The Hall–Kier alpha value is -3.80. The number of para-hydroxylation sites is 1. The summed E-state index contributed by atoms with van der Waals surface area (Å²) in [6.07, 6.45) is 0. The molecule has 6 heteroatoms. The first-order chi connectivity index (χ1) is 15.0. The van der Waals surface area contributed by atoms with Crippen LogP contribution >= 0.6 is 0 Å². The van der Waals surface area contributed by atoms with Crippen molar-refractivity contribution in [2.45, 2.75) is 19.8 Å². The second kappa shape index (κ2) is 10.8. The van der Waals surface area contributed by atoms with Crippen molar-refractivity contribution in [2.75, 3.05) is 13.2 Å². The molecule has 3 aromatic rings. The van der Waals surface area contributed by atoms with E-state index in [1.165, 1.54) is 0 Å². The van der Waals surface area contributed by atoms with E-state index < -0.39 is 11.8 Å². The summed E-state index contributed by atoms with van der Waals surface area (Å²) in [4.78, 5) is 23.9. The highest BCUT2D eigenvalue weighted by Gasteiger charge is 2.10. The van der Waals surface area contributed by atoms with Gasteiger partial charge in [-0.2, -0.15) is 0 Å². The number of hydrogen-bond donors (Lipinski definition) is 2. The maximum absolute atomic E-state index is 12.0. The molecule has 0 heterocycles. The molecule has 0 saturated carbocycles. The molecule has 6 nitrogen and oxygen atoms in total. The number of carbonyl (C=O) groups is 2. The lowest BCUT2D eigenvalue weighted by Gasteiger charge is -2.14. The van der Waals surface area contributed by atoms with Gasteiger partial charge in [-0.3, -0.25) is 20.4 Å². The molecule has 0 unspecified atom stereocenters. The predicted molar refractivity (Wildman–Crippen MR) is 120 cm³/mol. The molecule has 2 amide bonds. The molecule has 0 aromatic heterocycles. The number of hydrogen-bond acceptors (Lipinski definition) is 4. The first-order valence-corrected chi connectivity index (χ1v) is 10.1. The van der Waals surface area contributed by atoms with Crippen LogP contribution in [-0.2, 0) is 9.59 Å². The van der Waals surface area contributed by atoms with Crippen molar-refractivity contribution in [3.63, 3.8) is 0 Å². The van der Waals surface area contributed by atoms with Crippen LogP contribution in [-0.4, -0.2) is 25.0 Å². The number of benzene rings is 3. The third-order valence-corrected chi connectivity index (χ3v) is 4.57. The Morgan fingerprint density at radius 2 is 1.26 bits per heavy atom. The molecule has 0 aliphatic heterocycles. The van der Waals surface area contributed by atoms with Crippen LogP contribution in [0.15, 0.2) is 78.9 Å². The lowest BCUT2D eigenvalue weighted by Crippen LogP contribution is -2.45. The molecule has 0 radical (unpaired) electrons. The van der Waals surface area contributed by atoms with Gasteiger partial charge in [-0.15, -0.1) is 0 Å². The number of rotatable bonds is 8. The molecule has 160 valence electrons. The number of ether oxygens (including phenoxy) is 2. The van der Waals surface area contributed by atoms with Gasteiger partial charge in [0.2, 0.25) is 0 Å². The van der Waals surface area contributed by atoms with Crippen molar-refractivity contribution in [3.8, 4) is 22.6 Å². The summed E-state index contributed by atoms with van der Waals surface area (Å²) >= 11 is 0. The first kappa shape index (κ1) is 21.9. The summed E-state index contributed by atoms with van der Waals surface area (Å²) in [7, 11) is 0. The zero-order chi connectivity index (χ0) is 22.1. The average molecular weight is 418 g/mol. The van der Waals surface area contributed by atoms with Gasteiger partial charge in [0.1, 0.15) is 11.5 Å². The van der Waals surface area contributed by atoms with Crippen molar-refractivity contribution in [3.05, 3.63) is 84.4 Å². The minimum absolute atomic E-state index is 0.203. The van der Waals surface area contributed by atoms with Gasteiger partial charge < -0.3 is 9.47 Å². The van der Waals surface area contributed by atoms with Crippen LogP contribution < -0.4 is 20.3 Å². The molecule has 0 bridgehead atoms. The zero-order valence-corrected chi connectivity index (χ0v) is 17.6. The van der Waals surface area contributed by atoms with Crippen LogP contribution in [0.1, 0.15) is 25.3 Å². The largest absolute Gasteiger partial charge is 0.484 e. The lowest BCUT2D eigenvalue weighted by atomic mass is 10.0. The number of amides is 2. The van der Waals surface area contributed by atoms with Crippen LogP contribution in [0.25, 0.3) is 11.1 Å². The topological polar surface area (TPSA) is 76.7 Å². The van der Waals surface area contributed by atoms with Crippen LogP contribution in [0.3, 0.4) is 0 Å². The SMILES string of the molecule is CC(C)c1ccccc1OCC(=O)NNC(=O)COc1ccc(-c2ccccc2)cc1. The fourth-order valence-corrected chi connectivity index (χ4v) is 2.97. The second-order valence-corrected chi connectivity index (χ2v) is 7.26. The normalized spacial score (nSPS) is 10.4. The number of carbonyl (C=O) groups excluding carboxylic acids is 2. The van der Waals surface area contributed by atoms with E-state index in [0.29, 0.717) is 11.5 Å². The van der Waals surface area contributed by atoms with Gasteiger partial charge in [0, 0.05) is 0 Å². The first-order valence-electron chi connectivity index (χ1n) is 10.1. The molecule has 0 atom stereocenters. The van der Waals surface area contributed by atoms with Gasteiger partial charge in [-0.05, 0) is 40.8 Å². The van der Waals surface area contributed by atoms with E-state index >= 15 is 0 Å². The third-order valence-electron chi connectivity index (χ3n) is 4.57. The van der Waals surface area contributed by atoms with Gasteiger partial charge in [0.25, 0.3) is 11.8 Å². The fraction of sp³-hybridized carbons (Fsp3) is 0.200. The average Bonchev–Trinajstić information content (AvgIpc) is 2.81. The van der Waals surface area contributed by atoms with E-state index in [1.807, 2.05) is 66.7 Å². The lowest BCUT2D eigenvalue weighted by molar-refractivity contribution is -0.131. The molecule has 0 saturated heterocycles. The third kappa shape index (κ3) is 6.60. The summed E-state index contributed by atoms with van der Waals surface area (Å²) in [5.74, 6) is 0.566. The van der Waals surface area contributed by atoms with Crippen LogP contribution in [0.5, 0.6) is 11.5 Å². The van der Waals surface area contributed by atoms with E-state index in [1.54, 1.807) is 12.1 Å². The molecule has 0 fully saturated rings. The standard InChI is InChI=1S/C25H26N2O4/c1-18(2)22-10-6-7-11-23(22)31-17-25(29)27-26-24(28)16-30-21-14-12-20(13-15-21)19-8-4-3-5-9-19/h3-15,18H,16-17H2,1-2H3,(H,26,28)(H,27,29).